The molecule has 146 valence electrons. The van der Waals surface area contributed by atoms with Crippen molar-refractivity contribution in [3.05, 3.63) is 66.2 Å². The molecule has 0 aliphatic rings. The van der Waals surface area contributed by atoms with Gasteiger partial charge in [-0.15, -0.1) is 0 Å². The van der Waals surface area contributed by atoms with Gasteiger partial charge in [0.25, 0.3) is 0 Å². The monoisotopic (exact) mass is 391 g/mol. The van der Waals surface area contributed by atoms with Crippen LogP contribution in [0.5, 0.6) is 5.75 Å². The lowest BCUT2D eigenvalue weighted by Crippen LogP contribution is -2.07. The van der Waals surface area contributed by atoms with Crippen LogP contribution in [0.2, 0.25) is 0 Å². The predicted octanol–water partition coefficient (Wildman–Crippen LogP) is 4.13. The van der Waals surface area contributed by atoms with Crippen LogP contribution in [0.25, 0.3) is 11.1 Å². The summed E-state index contributed by atoms with van der Waals surface area (Å²) in [4.78, 5) is 15.1. The van der Waals surface area contributed by atoms with Crippen molar-refractivity contribution in [3.63, 3.8) is 0 Å². The number of aromatic nitrogens is 3. The first-order valence-corrected chi connectivity index (χ1v) is 8.35. The average molecular weight is 391 g/mol. The second kappa shape index (κ2) is 8.12. The van der Waals surface area contributed by atoms with E-state index >= 15 is 0 Å². The van der Waals surface area contributed by atoms with Crippen LogP contribution >= 0.6 is 0 Å². The number of benzene rings is 2. The highest BCUT2D eigenvalue weighted by molar-refractivity contribution is 5.89. The van der Waals surface area contributed by atoms with E-state index in [2.05, 4.69) is 10.1 Å². The van der Waals surface area contributed by atoms with Crippen LogP contribution in [-0.2, 0) is 12.7 Å². The number of ether oxygens (including phenoxy) is 1. The SMILES string of the molecule is O=C(O)c1ccc(-c2ccc(C(F)(F)F)cc2)c(OCCCn2cncn2)c1. The van der Waals surface area contributed by atoms with E-state index in [9.17, 15) is 23.1 Å². The summed E-state index contributed by atoms with van der Waals surface area (Å²) in [7, 11) is 0. The van der Waals surface area contributed by atoms with Crippen molar-refractivity contribution in [2.45, 2.75) is 19.1 Å². The molecule has 1 aromatic heterocycles. The Hall–Kier alpha value is -3.36. The Morgan fingerprint density at radius 1 is 1.14 bits per heavy atom. The van der Waals surface area contributed by atoms with Gasteiger partial charge in [-0.25, -0.2) is 9.78 Å². The van der Waals surface area contributed by atoms with E-state index in [4.69, 9.17) is 4.74 Å². The summed E-state index contributed by atoms with van der Waals surface area (Å²) in [5.74, 6) is -0.829. The highest BCUT2D eigenvalue weighted by Crippen LogP contribution is 2.34. The minimum Gasteiger partial charge on any atom is -0.493 e. The quantitative estimate of drug-likeness (QED) is 0.613. The van der Waals surface area contributed by atoms with E-state index < -0.39 is 17.7 Å². The first kappa shape index (κ1) is 19.4. The van der Waals surface area contributed by atoms with E-state index in [-0.39, 0.29) is 12.2 Å². The Morgan fingerprint density at radius 3 is 2.50 bits per heavy atom. The lowest BCUT2D eigenvalue weighted by molar-refractivity contribution is -0.137. The maximum absolute atomic E-state index is 12.8. The Labute approximate surface area is 158 Å². The number of hydrogen-bond acceptors (Lipinski definition) is 4. The summed E-state index contributed by atoms with van der Waals surface area (Å²) in [5.41, 5.74) is 0.284. The highest BCUT2D eigenvalue weighted by Gasteiger charge is 2.30. The van der Waals surface area contributed by atoms with Crippen LogP contribution in [0.1, 0.15) is 22.3 Å². The minimum absolute atomic E-state index is 0.0296. The highest BCUT2D eigenvalue weighted by atomic mass is 19.4. The van der Waals surface area contributed by atoms with Gasteiger partial charge < -0.3 is 9.84 Å². The first-order valence-electron chi connectivity index (χ1n) is 8.35. The van der Waals surface area contributed by atoms with Crippen molar-refractivity contribution >= 4 is 5.97 Å². The third-order valence-corrected chi connectivity index (χ3v) is 4.01. The van der Waals surface area contributed by atoms with Crippen LogP contribution in [-0.4, -0.2) is 32.4 Å². The Bertz CT molecular complexity index is 939. The summed E-state index contributed by atoms with van der Waals surface area (Å²) in [6.45, 7) is 0.838. The minimum atomic E-state index is -4.42. The molecule has 3 aromatic rings. The molecule has 9 heteroatoms. The summed E-state index contributed by atoms with van der Waals surface area (Å²) < 4.78 is 45.7. The second-order valence-corrected chi connectivity index (χ2v) is 5.95. The lowest BCUT2D eigenvalue weighted by atomic mass is 10.0. The van der Waals surface area contributed by atoms with Gasteiger partial charge in [-0.3, -0.25) is 4.68 Å². The molecular formula is C19H16F3N3O3. The normalized spacial score (nSPS) is 11.4. The molecule has 0 bridgehead atoms. The number of carboxylic acid groups (broad SMARTS) is 1. The van der Waals surface area contributed by atoms with E-state index in [0.717, 1.165) is 12.1 Å². The molecule has 0 amide bonds. The number of hydrogen-bond donors (Lipinski definition) is 1. The molecule has 0 atom stereocenters. The van der Waals surface area contributed by atoms with Crippen molar-refractivity contribution in [2.75, 3.05) is 6.61 Å². The van der Waals surface area contributed by atoms with E-state index in [0.29, 0.717) is 29.8 Å². The summed E-state index contributed by atoms with van der Waals surface area (Å²) >= 11 is 0. The molecule has 6 nitrogen and oxygen atoms in total. The fourth-order valence-corrected chi connectivity index (χ4v) is 2.61. The lowest BCUT2D eigenvalue weighted by Gasteiger charge is -2.14. The van der Waals surface area contributed by atoms with Gasteiger partial charge in [-0.1, -0.05) is 12.1 Å². The van der Waals surface area contributed by atoms with Crippen LogP contribution in [0, 0.1) is 0 Å². The van der Waals surface area contributed by atoms with Gasteiger partial charge >= 0.3 is 12.1 Å². The smallest absolute Gasteiger partial charge is 0.416 e. The number of carboxylic acids is 1. The second-order valence-electron chi connectivity index (χ2n) is 5.95. The number of carbonyl (C=O) groups is 1. The Balaban J connectivity index is 1.80. The molecule has 0 fully saturated rings. The molecule has 0 aliphatic heterocycles. The number of alkyl halides is 3. The zero-order valence-electron chi connectivity index (χ0n) is 14.6. The third kappa shape index (κ3) is 4.67. The molecule has 28 heavy (non-hydrogen) atoms. The van der Waals surface area contributed by atoms with Crippen molar-refractivity contribution in [1.29, 1.82) is 0 Å². The van der Waals surface area contributed by atoms with E-state index in [1.807, 2.05) is 0 Å². The van der Waals surface area contributed by atoms with Crippen molar-refractivity contribution in [1.82, 2.24) is 14.8 Å². The zero-order valence-corrected chi connectivity index (χ0v) is 14.6. The van der Waals surface area contributed by atoms with Crippen molar-refractivity contribution < 1.29 is 27.8 Å². The van der Waals surface area contributed by atoms with Gasteiger partial charge in [0.2, 0.25) is 0 Å². The predicted molar refractivity (Wildman–Crippen MR) is 94.0 cm³/mol. The molecule has 2 aromatic carbocycles. The van der Waals surface area contributed by atoms with Crippen LogP contribution in [0.4, 0.5) is 13.2 Å². The van der Waals surface area contributed by atoms with Gasteiger partial charge in [0, 0.05) is 18.5 Å². The maximum atomic E-state index is 12.8. The summed E-state index contributed by atoms with van der Waals surface area (Å²) in [6, 6.07) is 8.91. The molecule has 0 spiro atoms. The molecule has 0 saturated heterocycles. The largest absolute Gasteiger partial charge is 0.493 e. The number of halogens is 3. The zero-order chi connectivity index (χ0) is 20.1. The molecular weight excluding hydrogens is 375 g/mol. The summed E-state index contributed by atoms with van der Waals surface area (Å²) in [5, 5.41) is 13.2. The molecule has 1 N–H and O–H groups in total. The van der Waals surface area contributed by atoms with Crippen molar-refractivity contribution in [3.8, 4) is 16.9 Å². The molecule has 0 radical (unpaired) electrons. The van der Waals surface area contributed by atoms with Gasteiger partial charge in [0.15, 0.2) is 0 Å². The molecule has 3 rings (SSSR count). The Morgan fingerprint density at radius 2 is 1.89 bits per heavy atom. The Kier molecular flexibility index (Phi) is 5.62. The van der Waals surface area contributed by atoms with E-state index in [1.165, 1.54) is 36.7 Å². The van der Waals surface area contributed by atoms with Gasteiger partial charge in [0.05, 0.1) is 17.7 Å². The van der Waals surface area contributed by atoms with Crippen molar-refractivity contribution in [2.24, 2.45) is 0 Å². The van der Waals surface area contributed by atoms with Crippen LogP contribution in [0.3, 0.4) is 0 Å². The maximum Gasteiger partial charge on any atom is 0.416 e. The van der Waals surface area contributed by atoms with Crippen LogP contribution < -0.4 is 4.74 Å². The van der Waals surface area contributed by atoms with Gasteiger partial charge in [-0.05, 0) is 35.9 Å². The average Bonchev–Trinajstić information content (AvgIpc) is 3.18. The van der Waals surface area contributed by atoms with Gasteiger partial charge in [-0.2, -0.15) is 18.3 Å². The number of aryl methyl sites for hydroxylation is 1. The topological polar surface area (TPSA) is 77.2 Å². The molecule has 0 saturated carbocycles. The summed E-state index contributed by atoms with van der Waals surface area (Å²) in [6.07, 6.45) is -0.849. The number of rotatable bonds is 7. The fraction of sp³-hybridized carbons (Fsp3) is 0.211. The standard InChI is InChI=1S/C19H16F3N3O3/c20-19(21,22)15-5-2-13(3-6-15)16-7-4-14(18(26)27)10-17(16)28-9-1-8-25-12-23-11-24-25/h2-7,10-12H,1,8-9H2,(H,26,27). The molecule has 0 aliphatic carbocycles. The third-order valence-electron chi connectivity index (χ3n) is 4.01. The first-order chi connectivity index (χ1) is 13.3. The van der Waals surface area contributed by atoms with E-state index in [1.54, 1.807) is 11.0 Å². The fourth-order valence-electron chi connectivity index (χ4n) is 2.61. The molecule has 0 unspecified atom stereocenters. The van der Waals surface area contributed by atoms with Crippen LogP contribution in [0.15, 0.2) is 55.1 Å². The number of aromatic carboxylic acids is 1. The number of nitrogens with zero attached hydrogens (tertiary/aromatic N) is 3. The van der Waals surface area contributed by atoms with Gasteiger partial charge in [0.1, 0.15) is 18.4 Å². The molecule has 1 heterocycles.